The summed E-state index contributed by atoms with van der Waals surface area (Å²) in [5.41, 5.74) is 0.620. The van der Waals surface area contributed by atoms with Gasteiger partial charge in [0.05, 0.1) is 18.4 Å². The van der Waals surface area contributed by atoms with Gasteiger partial charge in [-0.2, -0.15) is 0 Å². The Hall–Kier alpha value is -3.35. The molecule has 7 heteroatoms. The van der Waals surface area contributed by atoms with Crippen molar-refractivity contribution in [2.45, 2.75) is 5.92 Å². The van der Waals surface area contributed by atoms with E-state index in [1.165, 1.54) is 0 Å². The van der Waals surface area contributed by atoms with E-state index in [0.29, 0.717) is 23.7 Å². The highest BCUT2D eigenvalue weighted by Gasteiger charge is 2.21. The van der Waals surface area contributed by atoms with Crippen LogP contribution in [0.4, 0.5) is 10.5 Å². The van der Waals surface area contributed by atoms with Gasteiger partial charge in [-0.05, 0) is 36.4 Å². The van der Waals surface area contributed by atoms with Crippen LogP contribution in [0.2, 0.25) is 0 Å². The Bertz CT molecular complexity index is 808. The standard InChI is InChI=1S/C18H16N2O5/c21-18(20-12-5-6-16-17(9-12)25-11-24-16)19-10-13(14-3-1-7-22-14)15-4-2-8-23-15/h1-9,13H,10-11H2,(H2,19,20,21). The zero-order chi connectivity index (χ0) is 17.1. The maximum Gasteiger partial charge on any atom is 0.319 e. The van der Waals surface area contributed by atoms with Crippen LogP contribution in [0.15, 0.2) is 63.8 Å². The van der Waals surface area contributed by atoms with E-state index in [1.807, 2.05) is 12.1 Å². The van der Waals surface area contributed by atoms with Crippen LogP contribution in [0.5, 0.6) is 11.5 Å². The lowest BCUT2D eigenvalue weighted by Crippen LogP contribution is -2.32. The first kappa shape index (κ1) is 15.2. The fraction of sp³-hybridized carbons (Fsp3) is 0.167. The number of furan rings is 2. The predicted molar refractivity (Wildman–Crippen MR) is 88.8 cm³/mol. The zero-order valence-electron chi connectivity index (χ0n) is 13.2. The molecule has 0 unspecified atom stereocenters. The average molecular weight is 340 g/mol. The van der Waals surface area contributed by atoms with Gasteiger partial charge >= 0.3 is 6.03 Å². The molecule has 0 spiro atoms. The Kier molecular flexibility index (Phi) is 4.04. The van der Waals surface area contributed by atoms with Crippen molar-refractivity contribution in [3.8, 4) is 11.5 Å². The molecule has 1 aliphatic heterocycles. The quantitative estimate of drug-likeness (QED) is 0.742. The van der Waals surface area contributed by atoms with E-state index in [2.05, 4.69) is 10.6 Å². The van der Waals surface area contributed by atoms with E-state index in [9.17, 15) is 4.79 Å². The Morgan fingerprint density at radius 1 is 1.00 bits per heavy atom. The van der Waals surface area contributed by atoms with Crippen molar-refractivity contribution in [1.29, 1.82) is 0 Å². The third-order valence-electron chi connectivity index (χ3n) is 3.87. The van der Waals surface area contributed by atoms with E-state index in [0.717, 1.165) is 11.5 Å². The second-order valence-corrected chi connectivity index (χ2v) is 5.49. The summed E-state index contributed by atoms with van der Waals surface area (Å²) in [4.78, 5) is 12.2. The molecule has 2 N–H and O–H groups in total. The monoisotopic (exact) mass is 340 g/mol. The summed E-state index contributed by atoms with van der Waals surface area (Å²) in [5.74, 6) is 2.52. The van der Waals surface area contributed by atoms with Gasteiger partial charge < -0.3 is 28.9 Å². The highest BCUT2D eigenvalue weighted by Crippen LogP contribution is 2.34. The fourth-order valence-electron chi connectivity index (χ4n) is 2.66. The van der Waals surface area contributed by atoms with Crippen LogP contribution in [-0.4, -0.2) is 19.4 Å². The molecular weight excluding hydrogens is 324 g/mol. The van der Waals surface area contributed by atoms with E-state index in [1.54, 1.807) is 42.9 Å². The van der Waals surface area contributed by atoms with Crippen LogP contribution >= 0.6 is 0 Å². The Labute approximate surface area is 143 Å². The molecule has 4 rings (SSSR count). The van der Waals surface area contributed by atoms with E-state index < -0.39 is 0 Å². The normalized spacial score (nSPS) is 12.4. The van der Waals surface area contributed by atoms with E-state index >= 15 is 0 Å². The molecule has 0 radical (unpaired) electrons. The first-order chi connectivity index (χ1) is 12.3. The molecule has 1 aromatic carbocycles. The van der Waals surface area contributed by atoms with Crippen LogP contribution < -0.4 is 20.1 Å². The lowest BCUT2D eigenvalue weighted by atomic mass is 10.0. The number of hydrogen-bond acceptors (Lipinski definition) is 5. The highest BCUT2D eigenvalue weighted by atomic mass is 16.7. The number of urea groups is 1. The lowest BCUT2D eigenvalue weighted by molar-refractivity contribution is 0.174. The van der Waals surface area contributed by atoms with Gasteiger partial charge in [0.25, 0.3) is 0 Å². The van der Waals surface area contributed by atoms with Crippen LogP contribution in [0.25, 0.3) is 0 Å². The van der Waals surface area contributed by atoms with E-state index in [-0.39, 0.29) is 18.7 Å². The fourth-order valence-corrected chi connectivity index (χ4v) is 2.66. The molecule has 7 nitrogen and oxygen atoms in total. The van der Waals surface area contributed by atoms with Crippen LogP contribution in [0, 0.1) is 0 Å². The number of ether oxygens (including phenoxy) is 2. The van der Waals surface area contributed by atoms with Crippen LogP contribution in [0.1, 0.15) is 17.4 Å². The number of amides is 2. The summed E-state index contributed by atoms with van der Waals surface area (Å²) in [6.07, 6.45) is 3.19. The molecule has 2 amide bonds. The smallest absolute Gasteiger partial charge is 0.319 e. The van der Waals surface area contributed by atoms with Gasteiger partial charge in [-0.25, -0.2) is 4.79 Å². The van der Waals surface area contributed by atoms with Gasteiger partial charge in [-0.3, -0.25) is 0 Å². The number of benzene rings is 1. The Morgan fingerprint density at radius 2 is 1.72 bits per heavy atom. The summed E-state index contributed by atoms with van der Waals surface area (Å²) >= 11 is 0. The number of hydrogen-bond donors (Lipinski definition) is 2. The molecule has 3 aromatic rings. The molecule has 0 saturated carbocycles. The summed E-state index contributed by atoms with van der Waals surface area (Å²) in [6.45, 7) is 0.524. The van der Waals surface area contributed by atoms with Crippen LogP contribution in [0.3, 0.4) is 0 Å². The second-order valence-electron chi connectivity index (χ2n) is 5.49. The molecule has 0 fully saturated rings. The van der Waals surface area contributed by atoms with Crippen molar-refractivity contribution in [2.75, 3.05) is 18.7 Å². The number of rotatable bonds is 5. The summed E-state index contributed by atoms with van der Waals surface area (Å²) < 4.78 is 21.5. The molecule has 0 saturated heterocycles. The van der Waals surface area contributed by atoms with Gasteiger partial charge in [0.15, 0.2) is 11.5 Å². The molecular formula is C18H16N2O5. The maximum absolute atomic E-state index is 12.2. The van der Waals surface area contributed by atoms with Crippen LogP contribution in [-0.2, 0) is 0 Å². The third-order valence-corrected chi connectivity index (χ3v) is 3.87. The molecule has 128 valence electrons. The highest BCUT2D eigenvalue weighted by molar-refractivity contribution is 5.89. The Morgan fingerprint density at radius 3 is 2.40 bits per heavy atom. The number of nitrogens with one attached hydrogen (secondary N) is 2. The zero-order valence-corrected chi connectivity index (χ0v) is 13.2. The first-order valence-corrected chi connectivity index (χ1v) is 7.81. The SMILES string of the molecule is O=C(NCC(c1ccco1)c1ccco1)Nc1ccc2c(c1)OCO2. The van der Waals surface area contributed by atoms with Crippen molar-refractivity contribution in [3.63, 3.8) is 0 Å². The molecule has 0 bridgehead atoms. The summed E-state index contributed by atoms with van der Waals surface area (Å²) in [6, 6.07) is 12.2. The summed E-state index contributed by atoms with van der Waals surface area (Å²) in [7, 11) is 0. The largest absolute Gasteiger partial charge is 0.469 e. The molecule has 0 atom stereocenters. The van der Waals surface area contributed by atoms with Crippen molar-refractivity contribution < 1.29 is 23.1 Å². The maximum atomic E-state index is 12.2. The minimum Gasteiger partial charge on any atom is -0.469 e. The van der Waals surface area contributed by atoms with Crippen molar-refractivity contribution in [1.82, 2.24) is 5.32 Å². The minimum absolute atomic E-state index is 0.193. The number of fused-ring (bicyclic) bond motifs is 1. The summed E-state index contributed by atoms with van der Waals surface area (Å²) in [5, 5.41) is 5.60. The Balaban J connectivity index is 1.40. The molecule has 25 heavy (non-hydrogen) atoms. The van der Waals surface area contributed by atoms with Crippen molar-refractivity contribution in [2.24, 2.45) is 0 Å². The van der Waals surface area contributed by atoms with Gasteiger partial charge in [0.2, 0.25) is 6.79 Å². The van der Waals surface area contributed by atoms with Crippen molar-refractivity contribution in [3.05, 3.63) is 66.5 Å². The number of carbonyl (C=O) groups is 1. The first-order valence-electron chi connectivity index (χ1n) is 7.81. The van der Waals surface area contributed by atoms with Gasteiger partial charge in [-0.15, -0.1) is 0 Å². The van der Waals surface area contributed by atoms with E-state index in [4.69, 9.17) is 18.3 Å². The molecule has 0 aliphatic carbocycles. The molecule has 2 aromatic heterocycles. The second kappa shape index (κ2) is 6.64. The topological polar surface area (TPSA) is 85.9 Å². The average Bonchev–Trinajstić information content (AvgIpc) is 3.37. The number of carbonyl (C=O) groups excluding carboxylic acids is 1. The predicted octanol–water partition coefficient (Wildman–Crippen LogP) is 3.55. The van der Waals surface area contributed by atoms with Crippen molar-refractivity contribution >= 4 is 11.7 Å². The minimum atomic E-state index is -0.332. The molecule has 3 heterocycles. The van der Waals surface area contributed by atoms with Gasteiger partial charge in [0.1, 0.15) is 11.5 Å². The number of anilines is 1. The lowest BCUT2D eigenvalue weighted by Gasteiger charge is -2.14. The molecule has 1 aliphatic rings. The van der Waals surface area contributed by atoms with Gasteiger partial charge in [-0.1, -0.05) is 0 Å². The van der Waals surface area contributed by atoms with Gasteiger partial charge in [0, 0.05) is 18.3 Å². The third kappa shape index (κ3) is 3.30.